The summed E-state index contributed by atoms with van der Waals surface area (Å²) >= 11 is 0. The molecule has 0 unspecified atom stereocenters. The van der Waals surface area contributed by atoms with E-state index in [0.717, 1.165) is 30.9 Å². The Hall–Kier alpha value is -2.14. The van der Waals surface area contributed by atoms with Gasteiger partial charge < -0.3 is 15.4 Å². The van der Waals surface area contributed by atoms with Gasteiger partial charge in [-0.15, -0.1) is 0 Å². The maximum atomic E-state index is 5.15. The molecule has 0 fully saturated rings. The molecule has 2 rings (SSSR count). The normalized spacial score (nSPS) is 10.4. The summed E-state index contributed by atoms with van der Waals surface area (Å²) in [7, 11) is 1.71. The predicted molar refractivity (Wildman–Crippen MR) is 86.1 cm³/mol. The Morgan fingerprint density at radius 2 is 2.05 bits per heavy atom. The molecule has 1 heterocycles. The average Bonchev–Trinajstić information content (AvgIpc) is 2.52. The lowest BCUT2D eigenvalue weighted by Gasteiger charge is -2.12. The summed E-state index contributed by atoms with van der Waals surface area (Å²) < 4.78 is 5.15. The third-order valence-electron chi connectivity index (χ3n) is 3.04. The van der Waals surface area contributed by atoms with Crippen LogP contribution in [0.5, 0.6) is 0 Å². The predicted octanol–water partition coefficient (Wildman–Crippen LogP) is 3.23. The van der Waals surface area contributed by atoms with Crippen LogP contribution < -0.4 is 10.6 Å². The molecule has 2 N–H and O–H groups in total. The Balaban J connectivity index is 2.10. The van der Waals surface area contributed by atoms with Gasteiger partial charge in [0.25, 0.3) is 0 Å². The summed E-state index contributed by atoms with van der Waals surface area (Å²) in [5.74, 6) is 1.43. The maximum absolute atomic E-state index is 5.15. The average molecular weight is 286 g/mol. The number of hydrogen-bond acceptors (Lipinski definition) is 5. The summed E-state index contributed by atoms with van der Waals surface area (Å²) in [5.41, 5.74) is 2.26. The van der Waals surface area contributed by atoms with Crippen LogP contribution in [-0.4, -0.2) is 30.2 Å². The van der Waals surface area contributed by atoms with Crippen molar-refractivity contribution in [2.75, 3.05) is 30.9 Å². The molecule has 1 aromatic carbocycles. The highest BCUT2D eigenvalue weighted by atomic mass is 16.5. The summed E-state index contributed by atoms with van der Waals surface area (Å²) in [6.45, 7) is 3.68. The molecule has 0 radical (unpaired) electrons. The van der Waals surface area contributed by atoms with Gasteiger partial charge in [0.2, 0.25) is 5.95 Å². The number of anilines is 3. The Kier molecular flexibility index (Phi) is 5.97. The van der Waals surface area contributed by atoms with Crippen LogP contribution in [0.3, 0.4) is 0 Å². The van der Waals surface area contributed by atoms with Gasteiger partial charge in [0, 0.05) is 25.5 Å². The molecule has 0 aliphatic rings. The minimum Gasteiger partial charge on any atom is -0.384 e. The fraction of sp³-hybridized carbons (Fsp3) is 0.375. The molecule has 0 aliphatic carbocycles. The van der Waals surface area contributed by atoms with Gasteiger partial charge in [-0.05, 0) is 30.5 Å². The van der Waals surface area contributed by atoms with Crippen LogP contribution in [0.1, 0.15) is 18.9 Å². The van der Waals surface area contributed by atoms with Crippen molar-refractivity contribution in [2.45, 2.75) is 19.8 Å². The van der Waals surface area contributed by atoms with Gasteiger partial charge in [-0.3, -0.25) is 0 Å². The van der Waals surface area contributed by atoms with Gasteiger partial charge in [0.05, 0.1) is 6.61 Å². The minimum atomic E-state index is 0.649. The highest BCUT2D eigenvalue weighted by Gasteiger charge is 2.04. The number of nitrogens with one attached hydrogen (secondary N) is 2. The minimum absolute atomic E-state index is 0.649. The topological polar surface area (TPSA) is 59.1 Å². The van der Waals surface area contributed by atoms with E-state index in [1.807, 2.05) is 24.3 Å². The van der Waals surface area contributed by atoms with E-state index in [0.29, 0.717) is 12.6 Å². The van der Waals surface area contributed by atoms with Gasteiger partial charge in [0.15, 0.2) is 0 Å². The smallest absolute Gasteiger partial charge is 0.224 e. The maximum Gasteiger partial charge on any atom is 0.224 e. The van der Waals surface area contributed by atoms with Gasteiger partial charge in [-0.1, -0.05) is 25.1 Å². The Labute approximate surface area is 125 Å². The quantitative estimate of drug-likeness (QED) is 0.780. The van der Waals surface area contributed by atoms with Crippen LogP contribution in [0.25, 0.3) is 0 Å². The number of aromatic nitrogens is 2. The molecule has 0 saturated carbocycles. The summed E-state index contributed by atoms with van der Waals surface area (Å²) in [6.07, 6.45) is 3.66. The highest BCUT2D eigenvalue weighted by molar-refractivity contribution is 5.61. The van der Waals surface area contributed by atoms with Gasteiger partial charge in [-0.25, -0.2) is 4.98 Å². The second kappa shape index (κ2) is 8.21. The molecule has 0 aliphatic heterocycles. The van der Waals surface area contributed by atoms with Crippen LogP contribution >= 0.6 is 0 Å². The number of ether oxygens (including phenoxy) is 1. The first-order valence-corrected chi connectivity index (χ1v) is 7.24. The second-order valence-electron chi connectivity index (χ2n) is 4.72. The molecule has 0 spiro atoms. The third kappa shape index (κ3) is 4.72. The van der Waals surface area contributed by atoms with Crippen molar-refractivity contribution in [3.8, 4) is 0 Å². The molecular formula is C16H22N4O. The molecule has 5 heteroatoms. The molecule has 2 aromatic rings. The van der Waals surface area contributed by atoms with E-state index in [2.05, 4.69) is 33.6 Å². The molecule has 0 bridgehead atoms. The second-order valence-corrected chi connectivity index (χ2v) is 4.72. The standard InChI is InChI=1S/C16H22N4O/c1-3-10-17-16-18-11-8-15(20-16)19-14-7-5-4-6-13(14)9-12-21-2/h4-8,11H,3,9-10,12H2,1-2H3,(H2,17,18,19,20). The fourth-order valence-corrected chi connectivity index (χ4v) is 1.96. The van der Waals surface area contributed by atoms with E-state index in [1.54, 1.807) is 13.3 Å². The van der Waals surface area contributed by atoms with Crippen molar-refractivity contribution >= 4 is 17.5 Å². The molecule has 1 aromatic heterocycles. The van der Waals surface area contributed by atoms with Crippen molar-refractivity contribution < 1.29 is 4.74 Å². The first-order chi connectivity index (χ1) is 10.3. The van der Waals surface area contributed by atoms with Crippen molar-refractivity contribution in [1.29, 1.82) is 0 Å². The Morgan fingerprint density at radius 3 is 2.86 bits per heavy atom. The zero-order valence-electron chi connectivity index (χ0n) is 12.6. The lowest BCUT2D eigenvalue weighted by Crippen LogP contribution is -2.06. The molecular weight excluding hydrogens is 264 g/mol. The number of benzene rings is 1. The van der Waals surface area contributed by atoms with E-state index in [9.17, 15) is 0 Å². The fourth-order valence-electron chi connectivity index (χ4n) is 1.96. The van der Waals surface area contributed by atoms with E-state index in [-0.39, 0.29) is 0 Å². The zero-order chi connectivity index (χ0) is 14.9. The van der Waals surface area contributed by atoms with Gasteiger partial charge in [0.1, 0.15) is 5.82 Å². The van der Waals surface area contributed by atoms with Gasteiger partial charge in [-0.2, -0.15) is 4.98 Å². The first-order valence-electron chi connectivity index (χ1n) is 7.24. The SMILES string of the molecule is CCCNc1nccc(Nc2ccccc2CCOC)n1. The van der Waals surface area contributed by atoms with Crippen molar-refractivity contribution in [1.82, 2.24) is 9.97 Å². The van der Waals surface area contributed by atoms with E-state index in [4.69, 9.17) is 4.74 Å². The lowest BCUT2D eigenvalue weighted by atomic mass is 10.1. The summed E-state index contributed by atoms with van der Waals surface area (Å²) in [5, 5.41) is 6.54. The molecule has 21 heavy (non-hydrogen) atoms. The van der Waals surface area contributed by atoms with Crippen molar-refractivity contribution in [3.63, 3.8) is 0 Å². The highest BCUT2D eigenvalue weighted by Crippen LogP contribution is 2.20. The first kappa shape index (κ1) is 15.3. The van der Waals surface area contributed by atoms with E-state index in [1.165, 1.54) is 5.56 Å². The molecule has 5 nitrogen and oxygen atoms in total. The summed E-state index contributed by atoms with van der Waals surface area (Å²) in [4.78, 5) is 8.67. The third-order valence-corrected chi connectivity index (χ3v) is 3.04. The monoisotopic (exact) mass is 286 g/mol. The van der Waals surface area contributed by atoms with Crippen LogP contribution in [0, 0.1) is 0 Å². The lowest BCUT2D eigenvalue weighted by molar-refractivity contribution is 0.202. The van der Waals surface area contributed by atoms with Crippen molar-refractivity contribution in [2.24, 2.45) is 0 Å². The Morgan fingerprint density at radius 1 is 1.19 bits per heavy atom. The van der Waals surface area contributed by atoms with Crippen molar-refractivity contribution in [3.05, 3.63) is 42.1 Å². The number of methoxy groups -OCH3 is 1. The Bertz CT molecular complexity index is 559. The summed E-state index contributed by atoms with van der Waals surface area (Å²) in [6, 6.07) is 10.1. The van der Waals surface area contributed by atoms with Crippen LogP contribution in [0.4, 0.5) is 17.5 Å². The van der Waals surface area contributed by atoms with E-state index >= 15 is 0 Å². The largest absolute Gasteiger partial charge is 0.384 e. The number of hydrogen-bond donors (Lipinski definition) is 2. The number of para-hydroxylation sites is 1. The molecule has 0 atom stereocenters. The number of rotatable bonds is 8. The van der Waals surface area contributed by atoms with Crippen LogP contribution in [0.15, 0.2) is 36.5 Å². The van der Waals surface area contributed by atoms with Crippen LogP contribution in [0.2, 0.25) is 0 Å². The van der Waals surface area contributed by atoms with Crippen LogP contribution in [-0.2, 0) is 11.2 Å². The van der Waals surface area contributed by atoms with E-state index < -0.39 is 0 Å². The molecule has 112 valence electrons. The molecule has 0 saturated heterocycles. The zero-order valence-corrected chi connectivity index (χ0v) is 12.6. The van der Waals surface area contributed by atoms with Gasteiger partial charge >= 0.3 is 0 Å². The number of nitrogens with zero attached hydrogens (tertiary/aromatic N) is 2. The molecule has 0 amide bonds.